The maximum Gasteiger partial charge on any atom is 0.252 e. The molecule has 8 heteroatoms. The molecular weight excluding hydrogens is 356 g/mol. The van der Waals surface area contributed by atoms with Gasteiger partial charge in [-0.25, -0.2) is 0 Å². The van der Waals surface area contributed by atoms with E-state index in [1.165, 1.54) is 0 Å². The Hall–Kier alpha value is -1.83. The van der Waals surface area contributed by atoms with Gasteiger partial charge in [0.25, 0.3) is 5.91 Å². The summed E-state index contributed by atoms with van der Waals surface area (Å²) in [4.78, 5) is 16.2. The number of benzene rings is 1. The Morgan fingerprint density at radius 1 is 1.27 bits per heavy atom. The third-order valence-electron chi connectivity index (χ3n) is 3.90. The van der Waals surface area contributed by atoms with E-state index in [0.29, 0.717) is 42.8 Å². The fourth-order valence-electron chi connectivity index (χ4n) is 2.49. The number of halogens is 1. The highest BCUT2D eigenvalue weighted by atomic mass is 35.5. The third kappa shape index (κ3) is 7.19. The first-order chi connectivity index (χ1) is 12.7. The lowest BCUT2D eigenvalue weighted by Gasteiger charge is -2.13. The van der Waals surface area contributed by atoms with Gasteiger partial charge in [-0.2, -0.15) is 0 Å². The van der Waals surface area contributed by atoms with Gasteiger partial charge in [0, 0.05) is 39.9 Å². The standard InChI is InChI=1S/C18H27ClN4O3/c1-20-18(22-8-4-11-26-14-7-12-25-13-14)23-10-9-21-17(24)15-5-2-3-6-16(15)19/h2-3,5-6,14H,4,7-13H2,1H3,(H,21,24)(H2,20,22,23). The lowest BCUT2D eigenvalue weighted by Crippen LogP contribution is -2.42. The van der Waals surface area contributed by atoms with Crippen LogP contribution in [0.5, 0.6) is 0 Å². The van der Waals surface area contributed by atoms with Crippen LogP contribution in [-0.2, 0) is 9.47 Å². The van der Waals surface area contributed by atoms with Crippen LogP contribution < -0.4 is 16.0 Å². The van der Waals surface area contributed by atoms with Crippen LogP contribution in [0, 0.1) is 0 Å². The summed E-state index contributed by atoms with van der Waals surface area (Å²) in [5, 5.41) is 9.64. The van der Waals surface area contributed by atoms with Crippen LogP contribution in [0.3, 0.4) is 0 Å². The number of guanidine groups is 1. The van der Waals surface area contributed by atoms with Crippen molar-refractivity contribution in [3.8, 4) is 0 Å². The fourth-order valence-corrected chi connectivity index (χ4v) is 2.71. The van der Waals surface area contributed by atoms with E-state index in [1.807, 2.05) is 0 Å². The maximum atomic E-state index is 12.0. The summed E-state index contributed by atoms with van der Waals surface area (Å²) in [6.07, 6.45) is 2.12. The minimum absolute atomic E-state index is 0.187. The summed E-state index contributed by atoms with van der Waals surface area (Å²) in [6.45, 7) is 4.00. The highest BCUT2D eigenvalue weighted by Gasteiger charge is 2.15. The van der Waals surface area contributed by atoms with Crippen molar-refractivity contribution in [3.63, 3.8) is 0 Å². The number of hydrogen-bond acceptors (Lipinski definition) is 4. The molecule has 0 saturated carbocycles. The second-order valence-electron chi connectivity index (χ2n) is 5.87. The molecule has 1 saturated heterocycles. The van der Waals surface area contributed by atoms with E-state index in [-0.39, 0.29) is 12.0 Å². The van der Waals surface area contributed by atoms with Crippen molar-refractivity contribution in [1.29, 1.82) is 0 Å². The van der Waals surface area contributed by atoms with Crippen molar-refractivity contribution in [2.24, 2.45) is 4.99 Å². The number of carbonyl (C=O) groups excluding carboxylic acids is 1. The smallest absolute Gasteiger partial charge is 0.252 e. The first-order valence-corrected chi connectivity index (χ1v) is 9.25. The predicted octanol–water partition coefficient (Wildman–Crippen LogP) is 1.43. The average Bonchev–Trinajstić information content (AvgIpc) is 3.16. The first kappa shape index (κ1) is 20.5. The predicted molar refractivity (Wildman–Crippen MR) is 103 cm³/mol. The van der Waals surface area contributed by atoms with Crippen LogP contribution in [0.1, 0.15) is 23.2 Å². The number of hydrogen-bond donors (Lipinski definition) is 3. The molecular formula is C18H27ClN4O3. The van der Waals surface area contributed by atoms with Crippen LogP contribution in [0.15, 0.2) is 29.3 Å². The summed E-state index contributed by atoms with van der Waals surface area (Å²) < 4.78 is 11.0. The molecule has 0 aromatic heterocycles. The molecule has 0 radical (unpaired) electrons. The quantitative estimate of drug-likeness (QED) is 0.342. The Kier molecular flexibility index (Phi) is 9.23. The van der Waals surface area contributed by atoms with E-state index in [4.69, 9.17) is 21.1 Å². The molecule has 0 aliphatic carbocycles. The fraction of sp³-hybridized carbons (Fsp3) is 0.556. The summed E-state index contributed by atoms with van der Waals surface area (Å²) in [5.41, 5.74) is 0.476. The molecule has 1 aliphatic heterocycles. The molecule has 1 aliphatic rings. The van der Waals surface area contributed by atoms with Gasteiger partial charge in [-0.1, -0.05) is 23.7 Å². The van der Waals surface area contributed by atoms with Gasteiger partial charge in [0.15, 0.2) is 5.96 Å². The SMILES string of the molecule is CN=C(NCCCOC1CCOC1)NCCNC(=O)c1ccccc1Cl. The number of amides is 1. The van der Waals surface area contributed by atoms with Gasteiger partial charge in [-0.05, 0) is 25.0 Å². The molecule has 7 nitrogen and oxygen atoms in total. The van der Waals surface area contributed by atoms with Gasteiger partial charge in [0.1, 0.15) is 0 Å². The minimum atomic E-state index is -0.187. The molecule has 26 heavy (non-hydrogen) atoms. The van der Waals surface area contributed by atoms with Crippen molar-refractivity contribution in [2.45, 2.75) is 18.9 Å². The van der Waals surface area contributed by atoms with E-state index < -0.39 is 0 Å². The molecule has 1 heterocycles. The summed E-state index contributed by atoms with van der Waals surface area (Å²) >= 11 is 6.01. The number of aliphatic imine (C=N–C) groups is 1. The average molecular weight is 383 g/mol. The van der Waals surface area contributed by atoms with Gasteiger partial charge in [0.2, 0.25) is 0 Å². The zero-order valence-corrected chi connectivity index (χ0v) is 15.8. The normalized spacial score (nSPS) is 17.2. The van der Waals surface area contributed by atoms with Gasteiger partial charge in [-0.15, -0.1) is 0 Å². The van der Waals surface area contributed by atoms with Gasteiger partial charge in [0.05, 0.1) is 23.3 Å². The Balaban J connectivity index is 1.54. The lowest BCUT2D eigenvalue weighted by atomic mass is 10.2. The Morgan fingerprint density at radius 2 is 2.04 bits per heavy atom. The number of ether oxygens (including phenoxy) is 2. The van der Waals surface area contributed by atoms with Crippen LogP contribution in [0.4, 0.5) is 0 Å². The molecule has 1 fully saturated rings. The molecule has 1 aromatic carbocycles. The topological polar surface area (TPSA) is 84.0 Å². The zero-order valence-electron chi connectivity index (χ0n) is 15.1. The summed E-state index contributed by atoms with van der Waals surface area (Å²) in [6, 6.07) is 6.98. The number of carbonyl (C=O) groups is 1. The van der Waals surface area contributed by atoms with Crippen LogP contribution >= 0.6 is 11.6 Å². The molecule has 1 amide bonds. The van der Waals surface area contributed by atoms with E-state index in [1.54, 1.807) is 31.3 Å². The van der Waals surface area contributed by atoms with Gasteiger partial charge >= 0.3 is 0 Å². The van der Waals surface area contributed by atoms with Crippen molar-refractivity contribution in [1.82, 2.24) is 16.0 Å². The molecule has 0 spiro atoms. The number of nitrogens with one attached hydrogen (secondary N) is 3. The number of rotatable bonds is 9. The van der Waals surface area contributed by atoms with Crippen LogP contribution in [0.25, 0.3) is 0 Å². The van der Waals surface area contributed by atoms with E-state index in [0.717, 1.165) is 26.0 Å². The van der Waals surface area contributed by atoms with E-state index in [2.05, 4.69) is 20.9 Å². The Labute approximate surface area is 159 Å². The van der Waals surface area contributed by atoms with Crippen LogP contribution in [-0.4, -0.2) is 64.5 Å². The maximum absolute atomic E-state index is 12.0. The van der Waals surface area contributed by atoms with E-state index in [9.17, 15) is 4.79 Å². The highest BCUT2D eigenvalue weighted by Crippen LogP contribution is 2.14. The Morgan fingerprint density at radius 3 is 2.77 bits per heavy atom. The molecule has 1 aromatic rings. The first-order valence-electron chi connectivity index (χ1n) is 8.87. The van der Waals surface area contributed by atoms with Gasteiger partial charge in [-0.3, -0.25) is 9.79 Å². The number of nitrogens with zero attached hydrogens (tertiary/aromatic N) is 1. The minimum Gasteiger partial charge on any atom is -0.379 e. The van der Waals surface area contributed by atoms with Crippen molar-refractivity contribution in [2.75, 3.05) is 46.5 Å². The van der Waals surface area contributed by atoms with Crippen molar-refractivity contribution < 1.29 is 14.3 Å². The highest BCUT2D eigenvalue weighted by molar-refractivity contribution is 6.33. The van der Waals surface area contributed by atoms with Crippen molar-refractivity contribution >= 4 is 23.5 Å². The monoisotopic (exact) mass is 382 g/mol. The summed E-state index contributed by atoms with van der Waals surface area (Å²) in [7, 11) is 1.71. The second-order valence-corrected chi connectivity index (χ2v) is 6.28. The molecule has 0 bridgehead atoms. The largest absolute Gasteiger partial charge is 0.379 e. The third-order valence-corrected chi connectivity index (χ3v) is 4.23. The molecule has 144 valence electrons. The molecule has 3 N–H and O–H groups in total. The molecule has 1 atom stereocenters. The molecule has 1 unspecified atom stereocenters. The summed E-state index contributed by atoms with van der Waals surface area (Å²) in [5.74, 6) is 0.509. The second kappa shape index (κ2) is 11.7. The molecule has 2 rings (SSSR count). The zero-order chi connectivity index (χ0) is 18.6. The van der Waals surface area contributed by atoms with Gasteiger partial charge < -0.3 is 25.4 Å². The van der Waals surface area contributed by atoms with E-state index >= 15 is 0 Å². The van der Waals surface area contributed by atoms with Crippen molar-refractivity contribution in [3.05, 3.63) is 34.9 Å². The van der Waals surface area contributed by atoms with Crippen LogP contribution in [0.2, 0.25) is 5.02 Å². The lowest BCUT2D eigenvalue weighted by molar-refractivity contribution is 0.0420. The Bertz CT molecular complexity index is 592.